The van der Waals surface area contributed by atoms with E-state index < -0.39 is 21.6 Å². The molecule has 3 saturated heterocycles. The highest BCUT2D eigenvalue weighted by Gasteiger charge is 2.54. The van der Waals surface area contributed by atoms with Gasteiger partial charge in [-0.05, 0) is 130 Å². The lowest BCUT2D eigenvalue weighted by Crippen LogP contribution is -2.65. The summed E-state index contributed by atoms with van der Waals surface area (Å²) in [4.78, 5) is 33.1. The van der Waals surface area contributed by atoms with Gasteiger partial charge in [0.15, 0.2) is 5.67 Å². The number of nitrogens with one attached hydrogen (secondary N) is 1. The van der Waals surface area contributed by atoms with E-state index >= 15 is 8.78 Å². The number of carbonyl (C=O) groups excluding carboxylic acids is 2. The van der Waals surface area contributed by atoms with E-state index in [-0.39, 0.29) is 57.9 Å². The van der Waals surface area contributed by atoms with Gasteiger partial charge in [0.2, 0.25) is 9.84 Å². The van der Waals surface area contributed by atoms with Crippen molar-refractivity contribution in [3.05, 3.63) is 89.7 Å². The van der Waals surface area contributed by atoms with Crippen LogP contribution in [0.1, 0.15) is 54.4 Å². The monoisotopic (exact) mass is 777 g/mol. The molecule has 1 saturated carbocycles. The number of carbonyl (C=O) groups is 2. The zero-order valence-electron chi connectivity index (χ0n) is 32.1. The molecule has 3 atom stereocenters. The van der Waals surface area contributed by atoms with Gasteiger partial charge in [-0.3, -0.25) is 9.69 Å². The lowest BCUT2D eigenvalue weighted by molar-refractivity contribution is 0.00584. The highest BCUT2D eigenvalue weighted by Crippen LogP contribution is 2.51. The SMILES string of the molecule is COC(=O)N[C@H]1CCC[C@@H]1[C@](CN1CCC1)(c1cccc(F)c1)C1CCN(CC2(F)CN(c3ccc(S(=O)(=O)c4cccc(C(=O)N(C)C)c4)cc3)C2)CC1. The maximum atomic E-state index is 16.3. The van der Waals surface area contributed by atoms with Gasteiger partial charge in [0.1, 0.15) is 5.82 Å². The maximum Gasteiger partial charge on any atom is 0.407 e. The zero-order chi connectivity index (χ0) is 39.0. The molecular weight excluding hydrogens is 725 g/mol. The third-order valence-corrected chi connectivity index (χ3v) is 14.3. The van der Waals surface area contributed by atoms with Gasteiger partial charge < -0.3 is 24.8 Å². The Balaban J connectivity index is 1.02. The van der Waals surface area contributed by atoms with E-state index in [1.807, 2.05) is 4.90 Å². The minimum Gasteiger partial charge on any atom is -0.453 e. The first-order valence-corrected chi connectivity index (χ1v) is 21.0. The minimum atomic E-state index is -3.86. The van der Waals surface area contributed by atoms with Crippen LogP contribution in [-0.4, -0.2) is 120 Å². The molecule has 2 amide bonds. The van der Waals surface area contributed by atoms with Crippen molar-refractivity contribution in [1.82, 2.24) is 20.0 Å². The summed E-state index contributed by atoms with van der Waals surface area (Å²) in [5.74, 6) is -0.213. The third-order valence-electron chi connectivity index (χ3n) is 12.5. The summed E-state index contributed by atoms with van der Waals surface area (Å²) in [6.45, 7) is 4.98. The van der Waals surface area contributed by atoms with E-state index in [9.17, 15) is 18.0 Å². The molecule has 0 unspecified atom stereocenters. The second-order valence-electron chi connectivity index (χ2n) is 16.2. The van der Waals surface area contributed by atoms with Crippen molar-refractivity contribution in [2.45, 2.75) is 65.4 Å². The lowest BCUT2D eigenvalue weighted by atomic mass is 9.57. The van der Waals surface area contributed by atoms with Crippen LogP contribution in [0, 0.1) is 17.7 Å². The fourth-order valence-corrected chi connectivity index (χ4v) is 11.0. The molecule has 0 spiro atoms. The average molecular weight is 778 g/mol. The van der Waals surface area contributed by atoms with Gasteiger partial charge in [-0.15, -0.1) is 0 Å². The Labute approximate surface area is 323 Å². The van der Waals surface area contributed by atoms with Crippen LogP contribution in [0.4, 0.5) is 19.3 Å². The van der Waals surface area contributed by atoms with Crippen LogP contribution in [0.5, 0.6) is 0 Å². The van der Waals surface area contributed by atoms with Crippen molar-refractivity contribution in [1.29, 1.82) is 0 Å². The van der Waals surface area contributed by atoms with E-state index in [0.717, 1.165) is 82.5 Å². The number of alkyl carbamates (subject to hydrolysis) is 1. The van der Waals surface area contributed by atoms with Gasteiger partial charge in [0.25, 0.3) is 5.91 Å². The maximum absolute atomic E-state index is 16.3. The van der Waals surface area contributed by atoms with Crippen molar-refractivity contribution in [2.24, 2.45) is 11.8 Å². The highest BCUT2D eigenvalue weighted by atomic mass is 32.2. The predicted octanol–water partition coefficient (Wildman–Crippen LogP) is 5.77. The largest absolute Gasteiger partial charge is 0.453 e. The molecule has 3 aliphatic heterocycles. The summed E-state index contributed by atoms with van der Waals surface area (Å²) in [6.07, 6.45) is 5.14. The van der Waals surface area contributed by atoms with E-state index in [0.29, 0.717) is 12.1 Å². The van der Waals surface area contributed by atoms with Crippen LogP contribution in [0.25, 0.3) is 0 Å². The second kappa shape index (κ2) is 15.8. The van der Waals surface area contributed by atoms with Crippen LogP contribution in [0.2, 0.25) is 0 Å². The summed E-state index contributed by atoms with van der Waals surface area (Å²) >= 11 is 0. The number of methoxy groups -OCH3 is 1. The molecule has 0 bridgehead atoms. The van der Waals surface area contributed by atoms with E-state index in [1.165, 1.54) is 42.3 Å². The van der Waals surface area contributed by atoms with E-state index in [1.54, 1.807) is 50.5 Å². The standard InChI is InChI=1S/C42H53F2N5O5S/c1-46(2)39(50)30-8-4-11-36(24-30)55(52,53)35-16-14-34(15-17-35)49-27-41(44,28-49)26-48-22-18-31(19-23-48)42(29-47-20-7-21-47,32-9-5-10-33(43)25-32)37-12-6-13-38(37)45-40(51)54-3/h4-5,8-11,14-17,24-25,31,37-38H,6-7,12-13,18-23,26-29H2,1-3H3,(H,45,51)/t37-,38-,42-/m0/s1. The Hall–Kier alpha value is -4.07. The molecule has 13 heteroatoms. The number of benzene rings is 3. The fourth-order valence-electron chi connectivity index (χ4n) is 9.69. The fraction of sp³-hybridized carbons (Fsp3) is 0.524. The van der Waals surface area contributed by atoms with Crippen LogP contribution >= 0.6 is 0 Å². The lowest BCUT2D eigenvalue weighted by Gasteiger charge is -2.54. The number of sulfone groups is 1. The van der Waals surface area contributed by atoms with Gasteiger partial charge in [-0.25, -0.2) is 22.0 Å². The first-order chi connectivity index (χ1) is 26.3. The first-order valence-electron chi connectivity index (χ1n) is 19.5. The predicted molar refractivity (Wildman–Crippen MR) is 207 cm³/mol. The molecule has 3 heterocycles. The molecule has 1 aliphatic carbocycles. The van der Waals surface area contributed by atoms with Crippen molar-refractivity contribution < 1.29 is 31.5 Å². The Morgan fingerprint density at radius 3 is 2.24 bits per heavy atom. The van der Waals surface area contributed by atoms with Crippen LogP contribution in [-0.2, 0) is 20.0 Å². The number of piperidine rings is 1. The molecule has 3 aromatic carbocycles. The number of hydrogen-bond donors (Lipinski definition) is 1. The van der Waals surface area contributed by atoms with Crippen LogP contribution < -0.4 is 10.2 Å². The third kappa shape index (κ3) is 7.97. The zero-order valence-corrected chi connectivity index (χ0v) is 32.9. The van der Waals surface area contributed by atoms with Gasteiger partial charge in [-0.2, -0.15) is 0 Å². The van der Waals surface area contributed by atoms with Crippen molar-refractivity contribution >= 4 is 27.5 Å². The summed E-state index contributed by atoms with van der Waals surface area (Å²) < 4.78 is 63.1. The summed E-state index contributed by atoms with van der Waals surface area (Å²) in [6, 6.07) is 19.5. The average Bonchev–Trinajstić information content (AvgIpc) is 3.62. The summed E-state index contributed by atoms with van der Waals surface area (Å²) in [7, 11) is 0.748. The number of likely N-dealkylation sites (tertiary alicyclic amines) is 2. The molecule has 0 aromatic heterocycles. The number of amides is 2. The van der Waals surface area contributed by atoms with Crippen molar-refractivity contribution in [3.8, 4) is 0 Å². The van der Waals surface area contributed by atoms with E-state index in [4.69, 9.17) is 4.74 Å². The van der Waals surface area contributed by atoms with Gasteiger partial charge in [-0.1, -0.05) is 24.6 Å². The van der Waals surface area contributed by atoms with E-state index in [2.05, 4.69) is 21.2 Å². The molecule has 10 nitrogen and oxygen atoms in total. The number of hydrogen-bond acceptors (Lipinski definition) is 8. The molecule has 0 radical (unpaired) electrons. The molecule has 7 rings (SSSR count). The van der Waals surface area contributed by atoms with Crippen LogP contribution in [0.15, 0.2) is 82.6 Å². The minimum absolute atomic E-state index is 0.0399. The quantitative estimate of drug-likeness (QED) is 0.248. The topological polar surface area (TPSA) is 102 Å². The molecule has 296 valence electrons. The smallest absolute Gasteiger partial charge is 0.407 e. The number of anilines is 1. The molecule has 3 aromatic rings. The number of nitrogens with zero attached hydrogens (tertiary/aromatic N) is 4. The highest BCUT2D eigenvalue weighted by molar-refractivity contribution is 7.91. The summed E-state index contributed by atoms with van der Waals surface area (Å²) in [5.41, 5.74) is 0.239. The Bertz CT molecular complexity index is 1960. The summed E-state index contributed by atoms with van der Waals surface area (Å²) in [5, 5.41) is 3.14. The molecule has 55 heavy (non-hydrogen) atoms. The molecular formula is C42H53F2N5O5S. The Kier molecular flexibility index (Phi) is 11.3. The van der Waals surface area contributed by atoms with Gasteiger partial charge in [0.05, 0.1) is 30.0 Å². The van der Waals surface area contributed by atoms with Gasteiger partial charge >= 0.3 is 6.09 Å². The first kappa shape index (κ1) is 39.2. The molecule has 4 aliphatic rings. The normalized spacial score (nSPS) is 23.0. The Morgan fingerprint density at radius 1 is 0.891 bits per heavy atom. The van der Waals surface area contributed by atoms with Crippen molar-refractivity contribution in [2.75, 3.05) is 78.5 Å². The number of halogens is 2. The molecule has 4 fully saturated rings. The number of ether oxygens (including phenoxy) is 1. The van der Waals surface area contributed by atoms with Crippen LogP contribution in [0.3, 0.4) is 0 Å². The van der Waals surface area contributed by atoms with Crippen molar-refractivity contribution in [3.63, 3.8) is 0 Å². The second-order valence-corrected chi connectivity index (χ2v) is 18.2. The molecule has 1 N–H and O–H groups in total. The number of rotatable bonds is 12. The number of alkyl halides is 1. The Morgan fingerprint density at radius 2 is 1.60 bits per heavy atom. The van der Waals surface area contributed by atoms with Gasteiger partial charge in [0, 0.05) is 49.9 Å².